The monoisotopic (exact) mass is 250 g/mol. The van der Waals surface area contributed by atoms with Crippen molar-refractivity contribution in [3.63, 3.8) is 0 Å². The summed E-state index contributed by atoms with van der Waals surface area (Å²) in [5.74, 6) is -1.84. The molecule has 0 amide bonds. The van der Waals surface area contributed by atoms with Crippen molar-refractivity contribution in [1.82, 2.24) is 0 Å². The molecular weight excluding hydrogens is 236 g/mol. The van der Waals surface area contributed by atoms with E-state index in [4.69, 9.17) is 9.84 Å². The molecule has 1 aromatic rings. The molecular formula is C13H14O5. The average Bonchev–Trinajstić information content (AvgIpc) is 2.36. The van der Waals surface area contributed by atoms with Gasteiger partial charge in [0.1, 0.15) is 6.29 Å². The molecule has 0 bridgehead atoms. The first-order valence-corrected chi connectivity index (χ1v) is 5.57. The second-order valence-corrected chi connectivity index (χ2v) is 3.61. The molecule has 96 valence electrons. The fourth-order valence-corrected chi connectivity index (χ4v) is 1.54. The van der Waals surface area contributed by atoms with Crippen LogP contribution < -0.4 is 0 Å². The number of carbonyl (C=O) groups excluding carboxylic acids is 2. The van der Waals surface area contributed by atoms with Gasteiger partial charge in [0, 0.05) is 6.42 Å². The third-order valence-electron chi connectivity index (χ3n) is 2.36. The van der Waals surface area contributed by atoms with Gasteiger partial charge in [0.05, 0.1) is 17.7 Å². The summed E-state index contributed by atoms with van der Waals surface area (Å²) in [4.78, 5) is 32.9. The summed E-state index contributed by atoms with van der Waals surface area (Å²) in [5.41, 5.74) is 0.659. The Morgan fingerprint density at radius 2 is 2.06 bits per heavy atom. The third-order valence-corrected chi connectivity index (χ3v) is 2.36. The lowest BCUT2D eigenvalue weighted by atomic mass is 10.0. The van der Waals surface area contributed by atoms with Gasteiger partial charge in [0.2, 0.25) is 0 Å². The van der Waals surface area contributed by atoms with Crippen molar-refractivity contribution < 1.29 is 24.2 Å². The van der Waals surface area contributed by atoms with Crippen molar-refractivity contribution >= 4 is 18.2 Å². The van der Waals surface area contributed by atoms with E-state index < -0.39 is 11.9 Å². The maximum absolute atomic E-state index is 11.6. The third kappa shape index (κ3) is 3.41. The molecule has 0 fully saturated rings. The molecule has 0 aliphatic rings. The maximum atomic E-state index is 11.6. The fourth-order valence-electron chi connectivity index (χ4n) is 1.54. The minimum atomic E-state index is -1.18. The highest BCUT2D eigenvalue weighted by molar-refractivity contribution is 6.02. The Morgan fingerprint density at radius 3 is 2.61 bits per heavy atom. The van der Waals surface area contributed by atoms with Crippen LogP contribution in [0.25, 0.3) is 0 Å². The zero-order valence-corrected chi connectivity index (χ0v) is 10.0. The second-order valence-electron chi connectivity index (χ2n) is 3.61. The molecule has 5 nitrogen and oxygen atoms in total. The first-order chi connectivity index (χ1) is 8.60. The van der Waals surface area contributed by atoms with Crippen LogP contribution in [0, 0.1) is 0 Å². The number of benzene rings is 1. The van der Waals surface area contributed by atoms with Crippen LogP contribution in [0.4, 0.5) is 0 Å². The number of aryl methyl sites for hydroxylation is 1. The fraction of sp³-hybridized carbons (Fsp3) is 0.308. The minimum absolute atomic E-state index is 0.0211. The Kier molecular flexibility index (Phi) is 5.05. The molecule has 5 heteroatoms. The van der Waals surface area contributed by atoms with E-state index in [0.29, 0.717) is 12.8 Å². The molecule has 0 saturated heterocycles. The second kappa shape index (κ2) is 6.54. The summed E-state index contributed by atoms with van der Waals surface area (Å²) in [6.07, 6.45) is 1.57. The van der Waals surface area contributed by atoms with Crippen molar-refractivity contribution in [3.8, 4) is 0 Å². The number of ether oxygens (including phenoxy) is 1. The molecule has 0 aliphatic carbocycles. The van der Waals surface area contributed by atoms with Crippen LogP contribution in [0.5, 0.6) is 0 Å². The molecule has 0 heterocycles. The van der Waals surface area contributed by atoms with Crippen LogP contribution >= 0.6 is 0 Å². The zero-order valence-electron chi connectivity index (χ0n) is 10.0. The summed E-state index contributed by atoms with van der Waals surface area (Å²) < 4.78 is 4.81. The Labute approximate surface area is 104 Å². The molecule has 0 aliphatic heterocycles. The number of carboxylic acid groups (broad SMARTS) is 1. The number of hydrogen-bond acceptors (Lipinski definition) is 4. The van der Waals surface area contributed by atoms with E-state index in [9.17, 15) is 14.4 Å². The predicted molar refractivity (Wildman–Crippen MR) is 63.7 cm³/mol. The van der Waals surface area contributed by atoms with Crippen LogP contribution in [-0.4, -0.2) is 29.9 Å². The van der Waals surface area contributed by atoms with Crippen molar-refractivity contribution in [2.24, 2.45) is 0 Å². The Morgan fingerprint density at radius 1 is 1.33 bits per heavy atom. The SMILES string of the molecule is CCOC(=O)c1cc(CCC=O)ccc1C(=O)O. The lowest BCUT2D eigenvalue weighted by molar-refractivity contribution is -0.107. The molecule has 0 atom stereocenters. The summed E-state index contributed by atoms with van der Waals surface area (Å²) >= 11 is 0. The van der Waals surface area contributed by atoms with Crippen molar-refractivity contribution in [2.75, 3.05) is 6.61 Å². The van der Waals surface area contributed by atoms with Crippen molar-refractivity contribution in [1.29, 1.82) is 0 Å². The largest absolute Gasteiger partial charge is 0.478 e. The van der Waals surface area contributed by atoms with Gasteiger partial charge in [-0.15, -0.1) is 0 Å². The van der Waals surface area contributed by atoms with Gasteiger partial charge in [-0.05, 0) is 31.0 Å². The lowest BCUT2D eigenvalue weighted by Crippen LogP contribution is -2.12. The number of carbonyl (C=O) groups is 3. The standard InChI is InChI=1S/C13H14O5/c1-2-18-13(17)11-8-9(4-3-7-14)5-6-10(11)12(15)16/h5-8H,2-4H2,1H3,(H,15,16). The first-order valence-electron chi connectivity index (χ1n) is 5.57. The van der Waals surface area contributed by atoms with Crippen LogP contribution in [0.3, 0.4) is 0 Å². The number of aldehydes is 1. The van der Waals surface area contributed by atoms with Gasteiger partial charge in [-0.25, -0.2) is 9.59 Å². The van der Waals surface area contributed by atoms with Gasteiger partial charge in [-0.2, -0.15) is 0 Å². The average molecular weight is 250 g/mol. The van der Waals surface area contributed by atoms with E-state index in [1.165, 1.54) is 12.1 Å². The normalized spacial score (nSPS) is 9.83. The Bertz CT molecular complexity index is 464. The van der Waals surface area contributed by atoms with Gasteiger partial charge >= 0.3 is 11.9 Å². The van der Waals surface area contributed by atoms with E-state index >= 15 is 0 Å². The van der Waals surface area contributed by atoms with Crippen LogP contribution in [0.1, 0.15) is 39.6 Å². The Balaban J connectivity index is 3.10. The number of hydrogen-bond donors (Lipinski definition) is 1. The highest BCUT2D eigenvalue weighted by Gasteiger charge is 2.17. The molecule has 0 spiro atoms. The summed E-state index contributed by atoms with van der Waals surface area (Å²) in [7, 11) is 0. The first kappa shape index (κ1) is 13.9. The Hall–Kier alpha value is -2.17. The lowest BCUT2D eigenvalue weighted by Gasteiger charge is -2.07. The summed E-state index contributed by atoms with van der Waals surface area (Å²) in [6.45, 7) is 1.82. The minimum Gasteiger partial charge on any atom is -0.478 e. The number of rotatable bonds is 6. The van der Waals surface area contributed by atoms with Gasteiger partial charge < -0.3 is 14.6 Å². The van der Waals surface area contributed by atoms with E-state index in [1.54, 1.807) is 13.0 Å². The van der Waals surface area contributed by atoms with Gasteiger partial charge in [0.15, 0.2) is 0 Å². The number of aromatic carboxylic acids is 1. The van der Waals surface area contributed by atoms with Crippen LogP contribution in [-0.2, 0) is 16.0 Å². The molecule has 0 aromatic heterocycles. The summed E-state index contributed by atoms with van der Waals surface area (Å²) in [5, 5.41) is 8.99. The molecule has 18 heavy (non-hydrogen) atoms. The summed E-state index contributed by atoms with van der Waals surface area (Å²) in [6, 6.07) is 4.41. The smallest absolute Gasteiger partial charge is 0.339 e. The topological polar surface area (TPSA) is 80.7 Å². The van der Waals surface area contributed by atoms with Crippen molar-refractivity contribution in [2.45, 2.75) is 19.8 Å². The molecule has 1 aromatic carbocycles. The predicted octanol–water partition coefficient (Wildman–Crippen LogP) is 1.69. The van der Waals surface area contributed by atoms with Crippen LogP contribution in [0.15, 0.2) is 18.2 Å². The zero-order chi connectivity index (χ0) is 13.5. The number of esters is 1. The maximum Gasteiger partial charge on any atom is 0.339 e. The van der Waals surface area contributed by atoms with Crippen LogP contribution in [0.2, 0.25) is 0 Å². The quantitative estimate of drug-likeness (QED) is 0.613. The molecule has 1 rings (SSSR count). The molecule has 0 saturated carbocycles. The number of carboxylic acids is 1. The van der Waals surface area contributed by atoms with E-state index in [2.05, 4.69) is 0 Å². The van der Waals surface area contributed by atoms with Gasteiger partial charge in [-0.3, -0.25) is 0 Å². The molecule has 0 radical (unpaired) electrons. The highest BCUT2D eigenvalue weighted by atomic mass is 16.5. The molecule has 1 N–H and O–H groups in total. The van der Waals surface area contributed by atoms with E-state index in [-0.39, 0.29) is 17.7 Å². The van der Waals surface area contributed by atoms with E-state index in [1.807, 2.05) is 0 Å². The van der Waals surface area contributed by atoms with E-state index in [0.717, 1.165) is 11.8 Å². The van der Waals surface area contributed by atoms with Gasteiger partial charge in [0.25, 0.3) is 0 Å². The van der Waals surface area contributed by atoms with Crippen molar-refractivity contribution in [3.05, 3.63) is 34.9 Å². The molecule has 0 unspecified atom stereocenters. The highest BCUT2D eigenvalue weighted by Crippen LogP contribution is 2.15. The van der Waals surface area contributed by atoms with Gasteiger partial charge in [-0.1, -0.05) is 6.07 Å².